The second-order valence-corrected chi connectivity index (χ2v) is 6.74. The van der Waals surface area contributed by atoms with Crippen molar-refractivity contribution in [1.29, 1.82) is 0 Å². The Morgan fingerprint density at radius 3 is 2.75 bits per heavy atom. The lowest BCUT2D eigenvalue weighted by Crippen LogP contribution is -2.37. The molecule has 2 N–H and O–H groups in total. The monoisotopic (exact) mass is 346 g/mol. The lowest BCUT2D eigenvalue weighted by atomic mass is 10.2. The first-order valence-corrected chi connectivity index (χ1v) is 9.07. The van der Waals surface area contributed by atoms with Gasteiger partial charge in [-0.05, 0) is 25.3 Å². The number of nitrogens with one attached hydrogen (secondary N) is 2. The average Bonchev–Trinajstić information content (AvgIpc) is 3.03. The van der Waals surface area contributed by atoms with Gasteiger partial charge >= 0.3 is 0 Å². The van der Waals surface area contributed by atoms with Gasteiger partial charge in [0.2, 0.25) is 0 Å². The molecule has 0 aliphatic rings. The molecule has 0 unspecified atom stereocenters. The number of aromatic nitrogens is 1. The molecule has 0 spiro atoms. The second-order valence-electron chi connectivity index (χ2n) is 5.42. The number of hydrogen-bond acceptors (Lipinski definition) is 4. The van der Waals surface area contributed by atoms with E-state index in [9.17, 15) is 0 Å². The first-order chi connectivity index (χ1) is 11.8. The third-order valence-corrected chi connectivity index (χ3v) is 4.35. The summed E-state index contributed by atoms with van der Waals surface area (Å²) in [5, 5.41) is 7.63. The minimum absolute atomic E-state index is 0.700. The molecule has 1 aromatic carbocycles. The van der Waals surface area contributed by atoms with Crippen LogP contribution in [0.15, 0.2) is 41.5 Å². The normalized spacial score (nSPS) is 11.5. The van der Waals surface area contributed by atoms with Crippen LogP contribution in [0.1, 0.15) is 21.9 Å². The zero-order valence-corrected chi connectivity index (χ0v) is 15.2. The van der Waals surface area contributed by atoms with E-state index in [4.69, 9.17) is 4.74 Å². The first kappa shape index (κ1) is 18.4. The van der Waals surface area contributed by atoms with Crippen molar-refractivity contribution < 1.29 is 4.74 Å². The fourth-order valence-corrected chi connectivity index (χ4v) is 2.91. The molecule has 0 radical (unpaired) electrons. The van der Waals surface area contributed by atoms with Gasteiger partial charge in [0.1, 0.15) is 5.01 Å². The topological polar surface area (TPSA) is 58.5 Å². The number of aryl methyl sites for hydroxylation is 1. The van der Waals surface area contributed by atoms with Crippen LogP contribution in [-0.4, -0.2) is 37.7 Å². The Balaban J connectivity index is 1.51. The predicted molar refractivity (Wildman–Crippen MR) is 101 cm³/mol. The Morgan fingerprint density at radius 2 is 2.04 bits per heavy atom. The van der Waals surface area contributed by atoms with E-state index < -0.39 is 0 Å². The van der Waals surface area contributed by atoms with E-state index in [1.807, 2.05) is 12.3 Å². The van der Waals surface area contributed by atoms with E-state index in [-0.39, 0.29) is 0 Å². The Kier molecular flexibility index (Phi) is 8.27. The highest BCUT2D eigenvalue weighted by Crippen LogP contribution is 2.10. The van der Waals surface area contributed by atoms with Crippen LogP contribution in [0.4, 0.5) is 0 Å². The summed E-state index contributed by atoms with van der Waals surface area (Å²) in [6.07, 6.45) is 3.81. The molecule has 2 aromatic rings. The number of guanidine groups is 1. The van der Waals surface area contributed by atoms with Crippen LogP contribution in [0.3, 0.4) is 0 Å². The van der Waals surface area contributed by atoms with E-state index in [1.54, 1.807) is 18.4 Å². The third kappa shape index (κ3) is 7.10. The molecule has 1 heterocycles. The van der Waals surface area contributed by atoms with Crippen molar-refractivity contribution in [3.05, 3.63) is 52.0 Å². The number of rotatable bonds is 9. The van der Waals surface area contributed by atoms with E-state index >= 15 is 0 Å². The molecular formula is C18H26N4OS. The van der Waals surface area contributed by atoms with Crippen molar-refractivity contribution >= 4 is 17.3 Å². The van der Waals surface area contributed by atoms with Crippen LogP contribution < -0.4 is 10.6 Å². The summed E-state index contributed by atoms with van der Waals surface area (Å²) in [5.74, 6) is 0.798. The summed E-state index contributed by atoms with van der Waals surface area (Å²) in [4.78, 5) is 9.77. The average molecular weight is 347 g/mol. The number of thiazole rings is 1. The summed E-state index contributed by atoms with van der Waals surface area (Å²) < 4.78 is 5.68. The van der Waals surface area contributed by atoms with Gasteiger partial charge < -0.3 is 15.4 Å². The van der Waals surface area contributed by atoms with Crippen LogP contribution in [0.25, 0.3) is 0 Å². The SMILES string of the molecule is CN=C(NCCCOCCc1ccccc1)NCc1ncc(C)s1. The highest BCUT2D eigenvalue weighted by Gasteiger charge is 2.01. The van der Waals surface area contributed by atoms with Crippen molar-refractivity contribution in [3.8, 4) is 0 Å². The van der Waals surface area contributed by atoms with Crippen LogP contribution in [-0.2, 0) is 17.7 Å². The molecule has 0 saturated heterocycles. The fraction of sp³-hybridized carbons (Fsp3) is 0.444. The fourth-order valence-electron chi connectivity index (χ4n) is 2.18. The van der Waals surface area contributed by atoms with Crippen LogP contribution in [0.5, 0.6) is 0 Å². The Bertz CT molecular complexity index is 612. The Hall–Kier alpha value is -1.92. The summed E-state index contributed by atoms with van der Waals surface area (Å²) >= 11 is 1.70. The maximum absolute atomic E-state index is 5.68. The smallest absolute Gasteiger partial charge is 0.191 e. The molecule has 0 amide bonds. The van der Waals surface area contributed by atoms with Gasteiger partial charge in [-0.3, -0.25) is 4.99 Å². The molecule has 6 heteroatoms. The maximum atomic E-state index is 5.68. The first-order valence-electron chi connectivity index (χ1n) is 8.25. The molecule has 0 aliphatic carbocycles. The van der Waals surface area contributed by atoms with Crippen LogP contribution in [0, 0.1) is 6.92 Å². The molecule has 130 valence electrons. The van der Waals surface area contributed by atoms with E-state index in [0.717, 1.165) is 43.6 Å². The molecule has 0 bridgehead atoms. The van der Waals surface area contributed by atoms with Crippen molar-refractivity contribution in [1.82, 2.24) is 15.6 Å². The summed E-state index contributed by atoms with van der Waals surface area (Å²) in [6, 6.07) is 10.4. The van der Waals surface area contributed by atoms with E-state index in [1.165, 1.54) is 10.4 Å². The molecule has 0 saturated carbocycles. The minimum Gasteiger partial charge on any atom is -0.381 e. The van der Waals surface area contributed by atoms with Gasteiger partial charge in [0.05, 0.1) is 13.2 Å². The zero-order chi connectivity index (χ0) is 17.0. The summed E-state index contributed by atoms with van der Waals surface area (Å²) in [6.45, 7) is 5.11. The van der Waals surface area contributed by atoms with Gasteiger partial charge in [-0.25, -0.2) is 4.98 Å². The van der Waals surface area contributed by atoms with E-state index in [2.05, 4.69) is 51.8 Å². The summed E-state index contributed by atoms with van der Waals surface area (Å²) in [7, 11) is 1.78. The summed E-state index contributed by atoms with van der Waals surface area (Å²) in [5.41, 5.74) is 1.32. The molecule has 1 aromatic heterocycles. The maximum Gasteiger partial charge on any atom is 0.191 e. The number of hydrogen-bond donors (Lipinski definition) is 2. The van der Waals surface area contributed by atoms with Gasteiger partial charge in [0.15, 0.2) is 5.96 Å². The molecule has 0 atom stereocenters. The lowest BCUT2D eigenvalue weighted by Gasteiger charge is -2.11. The number of nitrogens with zero attached hydrogens (tertiary/aromatic N) is 2. The number of aliphatic imine (C=N–C) groups is 1. The molecule has 0 fully saturated rings. The third-order valence-electron chi connectivity index (χ3n) is 3.44. The van der Waals surface area contributed by atoms with Gasteiger partial charge in [-0.1, -0.05) is 30.3 Å². The lowest BCUT2D eigenvalue weighted by molar-refractivity contribution is 0.135. The van der Waals surface area contributed by atoms with E-state index in [0.29, 0.717) is 6.54 Å². The molecule has 24 heavy (non-hydrogen) atoms. The number of benzene rings is 1. The Labute approximate surface area is 148 Å². The standard InChI is InChI=1S/C18H26N4OS/c1-15-13-21-17(24-15)14-22-18(19-2)20-10-6-11-23-12-9-16-7-4-3-5-8-16/h3-5,7-8,13H,6,9-12,14H2,1-2H3,(H2,19,20,22). The van der Waals surface area contributed by atoms with Crippen LogP contribution >= 0.6 is 11.3 Å². The van der Waals surface area contributed by atoms with Gasteiger partial charge in [0, 0.05) is 31.3 Å². The van der Waals surface area contributed by atoms with Gasteiger partial charge in [0.25, 0.3) is 0 Å². The quantitative estimate of drug-likeness (QED) is 0.416. The van der Waals surface area contributed by atoms with Gasteiger partial charge in [-0.15, -0.1) is 11.3 Å². The Morgan fingerprint density at radius 1 is 1.21 bits per heavy atom. The van der Waals surface area contributed by atoms with Crippen molar-refractivity contribution in [2.24, 2.45) is 4.99 Å². The zero-order valence-electron chi connectivity index (χ0n) is 14.4. The predicted octanol–water partition coefficient (Wildman–Crippen LogP) is 2.77. The molecule has 2 rings (SSSR count). The molecule has 0 aliphatic heterocycles. The largest absolute Gasteiger partial charge is 0.381 e. The molecule has 5 nitrogen and oxygen atoms in total. The highest BCUT2D eigenvalue weighted by atomic mass is 32.1. The number of ether oxygens (including phenoxy) is 1. The minimum atomic E-state index is 0.700. The van der Waals surface area contributed by atoms with Crippen molar-refractivity contribution in [2.45, 2.75) is 26.3 Å². The van der Waals surface area contributed by atoms with Crippen molar-refractivity contribution in [2.75, 3.05) is 26.8 Å². The second kappa shape index (κ2) is 10.8. The van der Waals surface area contributed by atoms with Crippen LogP contribution in [0.2, 0.25) is 0 Å². The molecular weight excluding hydrogens is 320 g/mol. The van der Waals surface area contributed by atoms with Gasteiger partial charge in [-0.2, -0.15) is 0 Å². The highest BCUT2D eigenvalue weighted by molar-refractivity contribution is 7.11. The van der Waals surface area contributed by atoms with Crippen molar-refractivity contribution in [3.63, 3.8) is 0 Å².